The van der Waals surface area contributed by atoms with Crippen LogP contribution in [0.3, 0.4) is 0 Å². The minimum Gasteiger partial charge on any atom is -0.273 e. The number of carbonyl (C=O) groups excluding carboxylic acids is 1. The monoisotopic (exact) mass is 258 g/mol. The summed E-state index contributed by atoms with van der Waals surface area (Å²) in [4.78, 5) is 11.7. The number of hydrogen-bond acceptors (Lipinski definition) is 2. The summed E-state index contributed by atoms with van der Waals surface area (Å²) in [5, 5.41) is 4.30. The predicted octanol–water partition coefficient (Wildman–Crippen LogP) is 3.30. The third-order valence-electron chi connectivity index (χ3n) is 3.76. The molecule has 0 radical (unpaired) electrons. The number of amides is 1. The van der Waals surface area contributed by atoms with Crippen molar-refractivity contribution in [2.75, 3.05) is 0 Å². The third kappa shape index (κ3) is 4.19. The van der Waals surface area contributed by atoms with E-state index in [9.17, 15) is 4.79 Å². The van der Waals surface area contributed by atoms with Crippen molar-refractivity contribution in [3.63, 3.8) is 0 Å². The molecule has 1 N–H and O–H groups in total. The number of nitrogens with one attached hydrogen (secondary N) is 1. The maximum atomic E-state index is 11.7. The summed E-state index contributed by atoms with van der Waals surface area (Å²) >= 11 is 0. The lowest BCUT2D eigenvalue weighted by Crippen LogP contribution is -2.21. The standard InChI is InChI=1S/C16H22N2O/c1-2-14-9-6-10-15(14)17-18-16(19)12-11-13-7-4-3-5-8-13/h3-5,7-8,14H,2,6,9-12H2,1H3,(H,18,19)/b17-15-/t14-/m1/s1. The van der Waals surface area contributed by atoms with E-state index in [2.05, 4.69) is 17.5 Å². The Balaban J connectivity index is 1.77. The number of nitrogens with zero attached hydrogens (tertiary/aromatic N) is 1. The Morgan fingerprint density at radius 1 is 1.37 bits per heavy atom. The molecule has 3 heteroatoms. The molecule has 1 amide bonds. The van der Waals surface area contributed by atoms with Crippen LogP contribution >= 0.6 is 0 Å². The van der Waals surface area contributed by atoms with Gasteiger partial charge in [-0.3, -0.25) is 4.79 Å². The Bertz CT molecular complexity index is 439. The van der Waals surface area contributed by atoms with Gasteiger partial charge in [-0.05, 0) is 43.6 Å². The van der Waals surface area contributed by atoms with Crippen molar-refractivity contribution in [2.24, 2.45) is 11.0 Å². The maximum Gasteiger partial charge on any atom is 0.240 e. The highest BCUT2D eigenvalue weighted by Crippen LogP contribution is 2.24. The number of carbonyl (C=O) groups is 1. The van der Waals surface area contributed by atoms with Gasteiger partial charge in [-0.25, -0.2) is 5.43 Å². The second kappa shape index (κ2) is 7.07. The van der Waals surface area contributed by atoms with Gasteiger partial charge in [0.2, 0.25) is 5.91 Å². The van der Waals surface area contributed by atoms with Gasteiger partial charge in [0.15, 0.2) is 0 Å². The van der Waals surface area contributed by atoms with E-state index < -0.39 is 0 Å². The van der Waals surface area contributed by atoms with Crippen LogP contribution in [0, 0.1) is 5.92 Å². The van der Waals surface area contributed by atoms with E-state index in [0.29, 0.717) is 12.3 Å². The van der Waals surface area contributed by atoms with E-state index in [4.69, 9.17) is 0 Å². The molecule has 0 saturated heterocycles. The minimum atomic E-state index is 0.0121. The van der Waals surface area contributed by atoms with Crippen LogP contribution in [0.5, 0.6) is 0 Å². The van der Waals surface area contributed by atoms with Gasteiger partial charge in [0.25, 0.3) is 0 Å². The molecule has 1 fully saturated rings. The van der Waals surface area contributed by atoms with Gasteiger partial charge in [0.05, 0.1) is 0 Å². The third-order valence-corrected chi connectivity index (χ3v) is 3.76. The van der Waals surface area contributed by atoms with Crippen LogP contribution in [0.2, 0.25) is 0 Å². The molecule has 1 atom stereocenters. The van der Waals surface area contributed by atoms with Crippen LogP contribution in [0.1, 0.15) is 44.6 Å². The SMILES string of the molecule is CC[C@@H]1CCC/C1=N/NC(=O)CCc1ccccc1. The summed E-state index contributed by atoms with van der Waals surface area (Å²) in [7, 11) is 0. The van der Waals surface area contributed by atoms with Crippen LogP contribution < -0.4 is 5.43 Å². The first-order valence-electron chi connectivity index (χ1n) is 7.18. The summed E-state index contributed by atoms with van der Waals surface area (Å²) in [6, 6.07) is 10.1. The molecule has 0 spiro atoms. The first-order chi connectivity index (χ1) is 9.29. The Kier molecular flexibility index (Phi) is 5.13. The molecule has 2 rings (SSSR count). The summed E-state index contributed by atoms with van der Waals surface area (Å²) in [6.07, 6.45) is 5.86. The second-order valence-electron chi connectivity index (χ2n) is 5.12. The molecule has 0 unspecified atom stereocenters. The molecule has 19 heavy (non-hydrogen) atoms. The van der Waals surface area contributed by atoms with E-state index in [1.54, 1.807) is 0 Å². The number of hydrazone groups is 1. The van der Waals surface area contributed by atoms with Gasteiger partial charge >= 0.3 is 0 Å². The first-order valence-corrected chi connectivity index (χ1v) is 7.18. The second-order valence-corrected chi connectivity index (χ2v) is 5.12. The number of benzene rings is 1. The number of hydrogen-bond donors (Lipinski definition) is 1. The highest BCUT2D eigenvalue weighted by Gasteiger charge is 2.20. The molecule has 1 aromatic carbocycles. The smallest absolute Gasteiger partial charge is 0.240 e. The Morgan fingerprint density at radius 2 is 2.16 bits per heavy atom. The molecule has 0 bridgehead atoms. The van der Waals surface area contributed by atoms with Crippen molar-refractivity contribution in [1.29, 1.82) is 0 Å². The van der Waals surface area contributed by atoms with Gasteiger partial charge in [0.1, 0.15) is 0 Å². The lowest BCUT2D eigenvalue weighted by molar-refractivity contribution is -0.121. The Morgan fingerprint density at radius 3 is 2.89 bits per heavy atom. The number of rotatable bonds is 5. The van der Waals surface area contributed by atoms with Gasteiger partial charge in [-0.15, -0.1) is 0 Å². The summed E-state index contributed by atoms with van der Waals surface area (Å²) < 4.78 is 0. The van der Waals surface area contributed by atoms with Crippen LogP contribution in [0.4, 0.5) is 0 Å². The summed E-state index contributed by atoms with van der Waals surface area (Å²) in [5.74, 6) is 0.590. The van der Waals surface area contributed by atoms with Gasteiger partial charge in [0, 0.05) is 12.1 Å². The zero-order valence-electron chi connectivity index (χ0n) is 11.6. The molecule has 102 valence electrons. The zero-order valence-corrected chi connectivity index (χ0v) is 11.6. The lowest BCUT2D eigenvalue weighted by Gasteiger charge is -2.07. The van der Waals surface area contributed by atoms with Crippen LogP contribution in [0.15, 0.2) is 35.4 Å². The van der Waals surface area contributed by atoms with Crippen molar-refractivity contribution in [3.05, 3.63) is 35.9 Å². The normalized spacial score (nSPS) is 20.7. The molecule has 1 aromatic rings. The predicted molar refractivity (Wildman–Crippen MR) is 78.0 cm³/mol. The molecule has 0 aromatic heterocycles. The summed E-state index contributed by atoms with van der Waals surface area (Å²) in [5.41, 5.74) is 5.08. The highest BCUT2D eigenvalue weighted by atomic mass is 16.2. The van der Waals surface area contributed by atoms with Crippen molar-refractivity contribution in [1.82, 2.24) is 5.43 Å². The van der Waals surface area contributed by atoms with E-state index in [-0.39, 0.29) is 5.91 Å². The fraction of sp³-hybridized carbons (Fsp3) is 0.500. The van der Waals surface area contributed by atoms with E-state index in [0.717, 1.165) is 19.3 Å². The van der Waals surface area contributed by atoms with Crippen molar-refractivity contribution >= 4 is 11.6 Å². The topological polar surface area (TPSA) is 41.5 Å². The van der Waals surface area contributed by atoms with Crippen molar-refractivity contribution < 1.29 is 4.79 Å². The van der Waals surface area contributed by atoms with Crippen LogP contribution in [-0.2, 0) is 11.2 Å². The Labute approximate surface area is 115 Å². The van der Waals surface area contributed by atoms with E-state index in [1.807, 2.05) is 30.3 Å². The summed E-state index contributed by atoms with van der Waals surface area (Å²) in [6.45, 7) is 2.18. The molecule has 1 aliphatic carbocycles. The van der Waals surface area contributed by atoms with E-state index in [1.165, 1.54) is 24.1 Å². The fourth-order valence-corrected chi connectivity index (χ4v) is 2.58. The number of aryl methyl sites for hydroxylation is 1. The molecule has 3 nitrogen and oxygen atoms in total. The van der Waals surface area contributed by atoms with Gasteiger partial charge < -0.3 is 0 Å². The first kappa shape index (κ1) is 13.8. The van der Waals surface area contributed by atoms with Crippen LogP contribution in [-0.4, -0.2) is 11.6 Å². The fourth-order valence-electron chi connectivity index (χ4n) is 2.58. The molecular formula is C16H22N2O. The van der Waals surface area contributed by atoms with Gasteiger partial charge in [-0.2, -0.15) is 5.10 Å². The van der Waals surface area contributed by atoms with Gasteiger partial charge in [-0.1, -0.05) is 37.3 Å². The molecule has 1 saturated carbocycles. The quantitative estimate of drug-likeness (QED) is 0.809. The van der Waals surface area contributed by atoms with E-state index >= 15 is 0 Å². The van der Waals surface area contributed by atoms with Crippen molar-refractivity contribution in [3.8, 4) is 0 Å². The maximum absolute atomic E-state index is 11.7. The zero-order chi connectivity index (χ0) is 13.5. The average Bonchev–Trinajstić information content (AvgIpc) is 2.91. The minimum absolute atomic E-state index is 0.0121. The lowest BCUT2D eigenvalue weighted by atomic mass is 10.0. The molecule has 1 aliphatic rings. The van der Waals surface area contributed by atoms with Crippen molar-refractivity contribution in [2.45, 2.75) is 45.4 Å². The molecular weight excluding hydrogens is 236 g/mol. The largest absolute Gasteiger partial charge is 0.273 e. The van der Waals surface area contributed by atoms with Crippen LogP contribution in [0.25, 0.3) is 0 Å². The molecule has 0 aliphatic heterocycles. The average molecular weight is 258 g/mol. The highest BCUT2D eigenvalue weighted by molar-refractivity contribution is 5.89. The molecule has 0 heterocycles. The Hall–Kier alpha value is -1.64.